The number of halogens is 2. The zero-order valence-corrected chi connectivity index (χ0v) is 12.9. The van der Waals surface area contributed by atoms with Gasteiger partial charge in [0.25, 0.3) is 0 Å². The fraction of sp³-hybridized carbons (Fsp3) is 0.533. The molecule has 2 nitrogen and oxygen atoms in total. The van der Waals surface area contributed by atoms with Gasteiger partial charge in [-0.15, -0.1) is 11.6 Å². The zero-order valence-electron chi connectivity index (χ0n) is 11.3. The summed E-state index contributed by atoms with van der Waals surface area (Å²) < 4.78 is 15.6. The van der Waals surface area contributed by atoms with Crippen molar-refractivity contribution in [1.29, 1.82) is 0 Å². The van der Waals surface area contributed by atoms with Crippen LogP contribution in [0.4, 0.5) is 4.39 Å². The largest absolute Gasteiger partial charge is 0.327 e. The third kappa shape index (κ3) is 2.96. The van der Waals surface area contributed by atoms with Crippen LogP contribution < -0.4 is 0 Å². The Morgan fingerprint density at radius 3 is 3.05 bits per heavy atom. The molecular weight excluding hydrogens is 295 g/mol. The van der Waals surface area contributed by atoms with Gasteiger partial charge in [0.2, 0.25) is 0 Å². The molecule has 1 aliphatic rings. The first-order valence-corrected chi connectivity index (χ1v) is 8.68. The predicted octanol–water partition coefficient (Wildman–Crippen LogP) is 4.24. The van der Waals surface area contributed by atoms with Crippen LogP contribution in [0.15, 0.2) is 18.2 Å². The zero-order chi connectivity index (χ0) is 13.9. The summed E-state index contributed by atoms with van der Waals surface area (Å²) in [5, 5.41) is 0.639. The molecule has 20 heavy (non-hydrogen) atoms. The van der Waals surface area contributed by atoms with E-state index in [4.69, 9.17) is 11.6 Å². The van der Waals surface area contributed by atoms with E-state index in [9.17, 15) is 4.39 Å². The van der Waals surface area contributed by atoms with E-state index >= 15 is 0 Å². The molecule has 5 heteroatoms. The minimum atomic E-state index is -0.230. The Labute approximate surface area is 127 Å². The Kier molecular flexibility index (Phi) is 4.51. The lowest BCUT2D eigenvalue weighted by Gasteiger charge is -2.22. The SMILES string of the molecule is Fc1ccc2c(c1)nc(CCCl)n2CC1CCCCS1. The lowest BCUT2D eigenvalue weighted by atomic mass is 10.2. The topological polar surface area (TPSA) is 17.8 Å². The standard InChI is InChI=1S/C15H18ClFN2S/c16-7-6-15-18-13-9-11(17)4-5-14(13)19(15)10-12-3-1-2-8-20-12/h4-5,9,12H,1-3,6-8,10H2. The lowest BCUT2D eigenvalue weighted by Crippen LogP contribution is -2.18. The summed E-state index contributed by atoms with van der Waals surface area (Å²) in [7, 11) is 0. The molecule has 1 aromatic carbocycles. The van der Waals surface area contributed by atoms with Crippen molar-refractivity contribution in [3.05, 3.63) is 29.8 Å². The van der Waals surface area contributed by atoms with E-state index in [0.29, 0.717) is 11.1 Å². The quantitative estimate of drug-likeness (QED) is 0.786. The predicted molar refractivity (Wildman–Crippen MR) is 84.2 cm³/mol. The van der Waals surface area contributed by atoms with Crippen LogP contribution in [0, 0.1) is 5.82 Å². The number of benzene rings is 1. The Bertz CT molecular complexity index is 593. The van der Waals surface area contributed by atoms with E-state index in [1.807, 2.05) is 17.8 Å². The maximum atomic E-state index is 13.3. The Balaban J connectivity index is 1.95. The molecule has 1 saturated heterocycles. The third-order valence-electron chi connectivity index (χ3n) is 3.77. The normalized spacial score (nSPS) is 19.6. The van der Waals surface area contributed by atoms with Gasteiger partial charge in [0.1, 0.15) is 11.6 Å². The van der Waals surface area contributed by atoms with Crippen LogP contribution in [-0.2, 0) is 13.0 Å². The molecule has 0 radical (unpaired) electrons. The average molecular weight is 313 g/mol. The number of alkyl halides is 1. The molecule has 0 aliphatic carbocycles. The smallest absolute Gasteiger partial charge is 0.125 e. The van der Waals surface area contributed by atoms with Gasteiger partial charge in [-0.05, 0) is 30.7 Å². The van der Waals surface area contributed by atoms with Crippen molar-refractivity contribution >= 4 is 34.4 Å². The molecular formula is C15H18ClFN2S. The highest BCUT2D eigenvalue weighted by Gasteiger charge is 2.18. The monoisotopic (exact) mass is 312 g/mol. The molecule has 1 atom stereocenters. The maximum Gasteiger partial charge on any atom is 0.125 e. The van der Waals surface area contributed by atoms with Gasteiger partial charge in [0, 0.05) is 30.2 Å². The average Bonchev–Trinajstić information content (AvgIpc) is 2.77. The van der Waals surface area contributed by atoms with Crippen LogP contribution in [0.5, 0.6) is 0 Å². The molecule has 0 saturated carbocycles. The van der Waals surface area contributed by atoms with Crippen LogP contribution in [0.25, 0.3) is 11.0 Å². The summed E-state index contributed by atoms with van der Waals surface area (Å²) in [6, 6.07) is 4.86. The molecule has 0 bridgehead atoms. The number of hydrogen-bond acceptors (Lipinski definition) is 2. The van der Waals surface area contributed by atoms with Crippen molar-refractivity contribution in [3.63, 3.8) is 0 Å². The van der Waals surface area contributed by atoms with E-state index in [0.717, 1.165) is 29.8 Å². The fourth-order valence-corrected chi connectivity index (χ4v) is 4.25. The summed E-state index contributed by atoms with van der Waals surface area (Å²) in [5.41, 5.74) is 1.77. The first-order valence-electron chi connectivity index (χ1n) is 7.10. The number of fused-ring (bicyclic) bond motifs is 1. The molecule has 2 aromatic rings. The van der Waals surface area contributed by atoms with Crippen molar-refractivity contribution in [2.75, 3.05) is 11.6 Å². The molecule has 0 amide bonds. The van der Waals surface area contributed by atoms with Crippen LogP contribution in [0.1, 0.15) is 25.1 Å². The molecule has 1 fully saturated rings. The summed E-state index contributed by atoms with van der Waals surface area (Å²) in [4.78, 5) is 4.56. The number of nitrogens with zero attached hydrogens (tertiary/aromatic N) is 2. The second kappa shape index (κ2) is 6.35. The summed E-state index contributed by atoms with van der Waals surface area (Å²) >= 11 is 7.92. The van der Waals surface area contributed by atoms with Crippen molar-refractivity contribution in [2.24, 2.45) is 0 Å². The number of aromatic nitrogens is 2. The van der Waals surface area contributed by atoms with E-state index < -0.39 is 0 Å². The molecule has 1 unspecified atom stereocenters. The number of hydrogen-bond donors (Lipinski definition) is 0. The van der Waals surface area contributed by atoms with E-state index in [1.165, 1.54) is 37.1 Å². The van der Waals surface area contributed by atoms with E-state index in [2.05, 4.69) is 9.55 Å². The minimum absolute atomic E-state index is 0.230. The molecule has 0 spiro atoms. The van der Waals surface area contributed by atoms with Gasteiger partial charge < -0.3 is 4.57 Å². The number of imidazole rings is 1. The molecule has 3 rings (SSSR count). The first kappa shape index (κ1) is 14.2. The van der Waals surface area contributed by atoms with Gasteiger partial charge in [0.05, 0.1) is 11.0 Å². The van der Waals surface area contributed by atoms with E-state index in [-0.39, 0.29) is 5.82 Å². The lowest BCUT2D eigenvalue weighted by molar-refractivity contribution is 0.577. The Morgan fingerprint density at radius 2 is 2.30 bits per heavy atom. The molecule has 108 valence electrons. The van der Waals surface area contributed by atoms with Crippen LogP contribution >= 0.6 is 23.4 Å². The number of thioether (sulfide) groups is 1. The van der Waals surface area contributed by atoms with Crippen LogP contribution in [-0.4, -0.2) is 26.4 Å². The second-order valence-electron chi connectivity index (χ2n) is 5.20. The van der Waals surface area contributed by atoms with Crippen LogP contribution in [0.2, 0.25) is 0 Å². The summed E-state index contributed by atoms with van der Waals surface area (Å²) in [5.74, 6) is 2.54. The maximum absolute atomic E-state index is 13.3. The molecule has 0 N–H and O–H groups in total. The molecule has 1 aromatic heterocycles. The van der Waals surface area contributed by atoms with Gasteiger partial charge in [0.15, 0.2) is 0 Å². The van der Waals surface area contributed by atoms with Gasteiger partial charge in [-0.2, -0.15) is 11.8 Å². The highest BCUT2D eigenvalue weighted by Crippen LogP contribution is 2.28. The fourth-order valence-electron chi connectivity index (χ4n) is 2.79. The van der Waals surface area contributed by atoms with Gasteiger partial charge in [-0.1, -0.05) is 6.42 Å². The second-order valence-corrected chi connectivity index (χ2v) is 6.99. The van der Waals surface area contributed by atoms with Crippen molar-refractivity contribution in [3.8, 4) is 0 Å². The highest BCUT2D eigenvalue weighted by molar-refractivity contribution is 7.99. The summed E-state index contributed by atoms with van der Waals surface area (Å²) in [6.45, 7) is 0.957. The number of rotatable bonds is 4. The number of aryl methyl sites for hydroxylation is 1. The Morgan fingerprint density at radius 1 is 1.40 bits per heavy atom. The van der Waals surface area contributed by atoms with Gasteiger partial charge in [-0.25, -0.2) is 9.37 Å². The summed E-state index contributed by atoms with van der Waals surface area (Å²) in [6.07, 6.45) is 4.62. The molecule has 1 aliphatic heterocycles. The Hall–Kier alpha value is -0.740. The first-order chi connectivity index (χ1) is 9.78. The van der Waals surface area contributed by atoms with Gasteiger partial charge in [-0.3, -0.25) is 0 Å². The minimum Gasteiger partial charge on any atom is -0.327 e. The van der Waals surface area contributed by atoms with Gasteiger partial charge >= 0.3 is 0 Å². The van der Waals surface area contributed by atoms with E-state index in [1.54, 1.807) is 0 Å². The highest BCUT2D eigenvalue weighted by atomic mass is 35.5. The van der Waals surface area contributed by atoms with Crippen molar-refractivity contribution in [2.45, 2.75) is 37.5 Å². The molecule has 2 heterocycles. The van der Waals surface area contributed by atoms with Crippen LogP contribution in [0.3, 0.4) is 0 Å². The van der Waals surface area contributed by atoms with Crippen molar-refractivity contribution in [1.82, 2.24) is 9.55 Å². The third-order valence-corrected chi connectivity index (χ3v) is 5.34. The van der Waals surface area contributed by atoms with Crippen molar-refractivity contribution < 1.29 is 4.39 Å².